The van der Waals surface area contributed by atoms with Gasteiger partial charge in [0, 0.05) is 28.2 Å². The Morgan fingerprint density at radius 1 is 1.44 bits per heavy atom. The summed E-state index contributed by atoms with van der Waals surface area (Å²) in [6, 6.07) is 5.78. The Morgan fingerprint density at radius 2 is 2.11 bits per heavy atom. The van der Waals surface area contributed by atoms with Crippen LogP contribution in [0.2, 0.25) is 0 Å². The van der Waals surface area contributed by atoms with Crippen molar-refractivity contribution < 1.29 is 9.53 Å². The Bertz CT molecular complexity index is 445. The topological polar surface area (TPSA) is 29.5 Å². The minimum Gasteiger partial charge on any atom is -0.381 e. The van der Waals surface area contributed by atoms with E-state index in [1.807, 2.05) is 23.1 Å². The fourth-order valence-electron chi connectivity index (χ4n) is 2.13. The molecule has 0 aliphatic carbocycles. The van der Waals surface area contributed by atoms with Crippen LogP contribution in [0, 0.1) is 3.57 Å². The molecule has 0 bridgehead atoms. The fourth-order valence-corrected chi connectivity index (χ4v) is 3.07. The van der Waals surface area contributed by atoms with E-state index >= 15 is 0 Å². The Labute approximate surface area is 129 Å². The van der Waals surface area contributed by atoms with Crippen molar-refractivity contribution >= 4 is 44.4 Å². The number of nitrogens with zero attached hydrogens (tertiary/aromatic N) is 1. The molecule has 0 spiro atoms. The van der Waals surface area contributed by atoms with Gasteiger partial charge in [-0.2, -0.15) is 0 Å². The van der Waals surface area contributed by atoms with Crippen molar-refractivity contribution in [3.63, 3.8) is 0 Å². The minimum atomic E-state index is 0.106. The number of methoxy groups -OCH3 is 1. The maximum Gasteiger partial charge on any atom is 0.255 e. The van der Waals surface area contributed by atoms with Gasteiger partial charge in [-0.1, -0.05) is 6.07 Å². The van der Waals surface area contributed by atoms with E-state index in [-0.39, 0.29) is 5.91 Å². The molecule has 3 nitrogen and oxygen atoms in total. The maximum absolute atomic E-state index is 12.4. The summed E-state index contributed by atoms with van der Waals surface area (Å²) in [7, 11) is 1.73. The van der Waals surface area contributed by atoms with Crippen molar-refractivity contribution in [2.45, 2.75) is 18.9 Å². The summed E-state index contributed by atoms with van der Waals surface area (Å²) >= 11 is 5.72. The molecule has 0 radical (unpaired) electrons. The Morgan fingerprint density at radius 3 is 2.72 bits per heavy atom. The van der Waals surface area contributed by atoms with E-state index < -0.39 is 0 Å². The lowest BCUT2D eigenvalue weighted by Gasteiger charge is -2.31. The lowest BCUT2D eigenvalue weighted by molar-refractivity contribution is 0.0350. The van der Waals surface area contributed by atoms with Crippen LogP contribution < -0.4 is 0 Å². The van der Waals surface area contributed by atoms with Gasteiger partial charge in [-0.25, -0.2) is 0 Å². The average Bonchev–Trinajstić information content (AvgIpc) is 2.41. The van der Waals surface area contributed by atoms with Crippen LogP contribution in [-0.4, -0.2) is 37.1 Å². The molecule has 0 N–H and O–H groups in total. The quantitative estimate of drug-likeness (QED) is 0.683. The van der Waals surface area contributed by atoms with E-state index in [1.165, 1.54) is 0 Å². The molecule has 0 saturated carbocycles. The Hall–Kier alpha value is -0.140. The van der Waals surface area contributed by atoms with Gasteiger partial charge >= 0.3 is 0 Å². The highest BCUT2D eigenvalue weighted by Gasteiger charge is 2.24. The molecule has 5 heteroatoms. The molecular formula is C13H15BrINO2. The highest BCUT2D eigenvalue weighted by Crippen LogP contribution is 2.25. The summed E-state index contributed by atoms with van der Waals surface area (Å²) in [4.78, 5) is 14.3. The van der Waals surface area contributed by atoms with E-state index in [1.54, 1.807) is 7.11 Å². The molecule has 2 rings (SSSR count). The van der Waals surface area contributed by atoms with E-state index in [4.69, 9.17) is 4.74 Å². The highest BCUT2D eigenvalue weighted by molar-refractivity contribution is 14.1. The first-order valence-electron chi connectivity index (χ1n) is 5.89. The van der Waals surface area contributed by atoms with Gasteiger partial charge in [-0.3, -0.25) is 4.79 Å². The van der Waals surface area contributed by atoms with Crippen LogP contribution in [0.1, 0.15) is 23.2 Å². The summed E-state index contributed by atoms with van der Waals surface area (Å²) in [5.41, 5.74) is 0.748. The van der Waals surface area contributed by atoms with Gasteiger partial charge in [0.15, 0.2) is 0 Å². The van der Waals surface area contributed by atoms with Gasteiger partial charge in [-0.05, 0) is 63.5 Å². The summed E-state index contributed by atoms with van der Waals surface area (Å²) in [5.74, 6) is 0.106. The predicted molar refractivity (Wildman–Crippen MR) is 82.8 cm³/mol. The third kappa shape index (κ3) is 3.05. The van der Waals surface area contributed by atoms with Crippen LogP contribution in [0.4, 0.5) is 0 Å². The van der Waals surface area contributed by atoms with Crippen LogP contribution in [-0.2, 0) is 4.74 Å². The number of piperidine rings is 1. The largest absolute Gasteiger partial charge is 0.381 e. The van der Waals surface area contributed by atoms with Crippen LogP contribution in [0.3, 0.4) is 0 Å². The number of halogens is 2. The van der Waals surface area contributed by atoms with Crippen LogP contribution in [0.25, 0.3) is 0 Å². The number of hydrogen-bond donors (Lipinski definition) is 0. The molecule has 1 heterocycles. The van der Waals surface area contributed by atoms with Gasteiger partial charge in [0.2, 0.25) is 0 Å². The molecule has 1 amide bonds. The van der Waals surface area contributed by atoms with E-state index in [0.717, 1.165) is 39.5 Å². The molecule has 0 aromatic heterocycles. The molecule has 98 valence electrons. The van der Waals surface area contributed by atoms with E-state index in [2.05, 4.69) is 38.5 Å². The van der Waals surface area contributed by atoms with Gasteiger partial charge in [0.25, 0.3) is 5.91 Å². The second-order valence-electron chi connectivity index (χ2n) is 4.33. The number of likely N-dealkylation sites (tertiary alicyclic amines) is 1. The zero-order chi connectivity index (χ0) is 13.1. The molecule has 1 aliphatic heterocycles. The van der Waals surface area contributed by atoms with Crippen molar-refractivity contribution in [2.24, 2.45) is 0 Å². The van der Waals surface area contributed by atoms with Crippen molar-refractivity contribution in [3.8, 4) is 0 Å². The monoisotopic (exact) mass is 423 g/mol. The number of carbonyl (C=O) groups excluding carboxylic acids is 1. The second-order valence-corrected chi connectivity index (χ2v) is 6.28. The maximum atomic E-state index is 12.4. The summed E-state index contributed by atoms with van der Waals surface area (Å²) in [6.45, 7) is 1.55. The van der Waals surface area contributed by atoms with E-state index in [0.29, 0.717) is 6.10 Å². The molecule has 18 heavy (non-hydrogen) atoms. The summed E-state index contributed by atoms with van der Waals surface area (Å²) < 4.78 is 7.27. The first-order valence-corrected chi connectivity index (χ1v) is 7.76. The molecule has 1 aromatic carbocycles. The fraction of sp³-hybridized carbons (Fsp3) is 0.462. The molecular weight excluding hydrogens is 409 g/mol. The normalized spacial score (nSPS) is 16.9. The Balaban J connectivity index is 2.10. The van der Waals surface area contributed by atoms with Crippen LogP contribution in [0.15, 0.2) is 22.7 Å². The molecule has 1 saturated heterocycles. The smallest absolute Gasteiger partial charge is 0.255 e. The second kappa shape index (κ2) is 6.34. The Kier molecular flexibility index (Phi) is 5.03. The molecule has 1 fully saturated rings. The van der Waals surface area contributed by atoms with Gasteiger partial charge in [-0.15, -0.1) is 0 Å². The zero-order valence-electron chi connectivity index (χ0n) is 10.2. The first kappa shape index (κ1) is 14.3. The van der Waals surface area contributed by atoms with Crippen molar-refractivity contribution in [1.82, 2.24) is 4.90 Å². The van der Waals surface area contributed by atoms with Crippen LogP contribution >= 0.6 is 38.5 Å². The number of hydrogen-bond acceptors (Lipinski definition) is 2. The zero-order valence-corrected chi connectivity index (χ0v) is 13.9. The lowest BCUT2D eigenvalue weighted by Crippen LogP contribution is -2.40. The first-order chi connectivity index (χ1) is 8.63. The summed E-state index contributed by atoms with van der Waals surface area (Å²) in [5, 5.41) is 0. The SMILES string of the molecule is COC1CCN(C(=O)c2cccc(I)c2Br)CC1. The molecule has 1 aromatic rings. The van der Waals surface area contributed by atoms with Crippen molar-refractivity contribution in [3.05, 3.63) is 31.8 Å². The average molecular weight is 424 g/mol. The number of carbonyl (C=O) groups is 1. The number of amides is 1. The molecule has 0 unspecified atom stereocenters. The predicted octanol–water partition coefficient (Wildman–Crippen LogP) is 3.30. The standard InChI is InChI=1S/C13H15BrINO2/c1-18-9-5-7-16(8-6-9)13(17)10-3-2-4-11(15)12(10)14/h2-4,9H,5-8H2,1H3. The van der Waals surface area contributed by atoms with Crippen molar-refractivity contribution in [1.29, 1.82) is 0 Å². The third-order valence-electron chi connectivity index (χ3n) is 3.24. The number of benzene rings is 1. The van der Waals surface area contributed by atoms with Gasteiger partial charge in [0.05, 0.1) is 11.7 Å². The van der Waals surface area contributed by atoms with E-state index in [9.17, 15) is 4.79 Å². The number of rotatable bonds is 2. The third-order valence-corrected chi connectivity index (χ3v) is 5.74. The van der Waals surface area contributed by atoms with Crippen molar-refractivity contribution in [2.75, 3.05) is 20.2 Å². The van der Waals surface area contributed by atoms with Gasteiger partial charge < -0.3 is 9.64 Å². The number of ether oxygens (including phenoxy) is 1. The van der Waals surface area contributed by atoms with Crippen LogP contribution in [0.5, 0.6) is 0 Å². The summed E-state index contributed by atoms with van der Waals surface area (Å²) in [6.07, 6.45) is 2.14. The highest BCUT2D eigenvalue weighted by atomic mass is 127. The molecule has 0 atom stereocenters. The minimum absolute atomic E-state index is 0.106. The lowest BCUT2D eigenvalue weighted by atomic mass is 10.1. The van der Waals surface area contributed by atoms with Gasteiger partial charge in [0.1, 0.15) is 0 Å². The molecule has 1 aliphatic rings.